The molecule has 0 aliphatic carbocycles. The highest BCUT2D eigenvalue weighted by Crippen LogP contribution is 2.25. The second-order valence-corrected chi connectivity index (χ2v) is 11.6. The van der Waals surface area contributed by atoms with Gasteiger partial charge in [-0.2, -0.15) is 4.98 Å². The van der Waals surface area contributed by atoms with Gasteiger partial charge in [-0.15, -0.1) is 6.58 Å². The van der Waals surface area contributed by atoms with Crippen LogP contribution < -0.4 is 15.8 Å². The average Bonchev–Trinajstić information content (AvgIpc) is 3.23. The Balaban J connectivity index is 1.20. The molecule has 0 spiro atoms. The quantitative estimate of drug-likeness (QED) is 0.301. The number of hydrogen-bond acceptors (Lipinski definition) is 9. The number of benzene rings is 1. The molecule has 0 bridgehead atoms. The van der Waals surface area contributed by atoms with Gasteiger partial charge in [-0.25, -0.2) is 19.3 Å². The van der Waals surface area contributed by atoms with E-state index in [0.29, 0.717) is 34.5 Å². The fourth-order valence-electron chi connectivity index (χ4n) is 5.66. The van der Waals surface area contributed by atoms with E-state index in [2.05, 4.69) is 43.8 Å². The second-order valence-electron chi connectivity index (χ2n) is 11.6. The van der Waals surface area contributed by atoms with Crippen molar-refractivity contribution in [2.75, 3.05) is 49.5 Å². The minimum Gasteiger partial charge on any atom is -0.384 e. The summed E-state index contributed by atoms with van der Waals surface area (Å²) in [6.07, 6.45) is 3.16. The van der Waals surface area contributed by atoms with Crippen molar-refractivity contribution in [1.29, 1.82) is 0 Å². The van der Waals surface area contributed by atoms with Crippen molar-refractivity contribution >= 4 is 34.3 Å². The lowest BCUT2D eigenvalue weighted by atomic mass is 10.1. The number of aromatic nitrogens is 5. The highest BCUT2D eigenvalue weighted by molar-refractivity contribution is 5.77. The molecule has 2 aliphatic heterocycles. The number of rotatable bonds is 8. The average molecular weight is 584 g/mol. The molecule has 0 saturated carbocycles. The molecular weight excluding hydrogens is 546 g/mol. The predicted octanol–water partition coefficient (Wildman–Crippen LogP) is 2.49. The van der Waals surface area contributed by atoms with Crippen LogP contribution in [-0.4, -0.2) is 90.4 Å². The fraction of sp³-hybridized carbons (Fsp3) is 0.387. The molecule has 12 nitrogen and oxygen atoms in total. The predicted molar refractivity (Wildman–Crippen MR) is 166 cm³/mol. The third kappa shape index (κ3) is 5.63. The summed E-state index contributed by atoms with van der Waals surface area (Å²) >= 11 is 0. The second kappa shape index (κ2) is 11.3. The first-order chi connectivity index (χ1) is 20.6. The van der Waals surface area contributed by atoms with Crippen molar-refractivity contribution < 1.29 is 9.90 Å². The number of fused-ring (bicyclic) bond motifs is 1. The maximum atomic E-state index is 13.3. The lowest BCUT2D eigenvalue weighted by Crippen LogP contribution is -2.63. The summed E-state index contributed by atoms with van der Waals surface area (Å²) in [5.41, 5.74) is 1.43. The number of hydrogen-bond donors (Lipinski definition) is 2. The molecule has 2 aliphatic rings. The largest absolute Gasteiger partial charge is 0.384 e. The number of nitrogens with one attached hydrogen (secondary N) is 1. The maximum absolute atomic E-state index is 13.3. The molecule has 4 aromatic rings. The zero-order valence-electron chi connectivity index (χ0n) is 24.8. The summed E-state index contributed by atoms with van der Waals surface area (Å²) in [4.78, 5) is 45.3. The van der Waals surface area contributed by atoms with Crippen LogP contribution in [0.15, 0.2) is 66.1 Å². The standard InChI is InChI=1S/C31H37N9O3/c1-5-13-39-29(42)25-18-32-30(35-28(25)40(39)27-8-6-7-26(34-27)31(3,4)43)33-22-9-11-23(12-10-22)36-14-16-37(17-15-36)24-19-38(20-24)21(2)41/h5-12,18,24,43H,1,13-17,19-20H2,2-4H3,(H,32,33,35). The van der Waals surface area contributed by atoms with E-state index in [-0.39, 0.29) is 18.0 Å². The molecule has 12 heteroatoms. The topological polar surface area (TPSA) is 125 Å². The number of anilines is 3. The van der Waals surface area contributed by atoms with Crippen LogP contribution >= 0.6 is 0 Å². The van der Waals surface area contributed by atoms with Crippen molar-refractivity contribution in [1.82, 2.24) is 34.1 Å². The van der Waals surface area contributed by atoms with Crippen LogP contribution in [0.1, 0.15) is 26.5 Å². The third-order valence-electron chi connectivity index (χ3n) is 8.18. The van der Waals surface area contributed by atoms with E-state index in [1.54, 1.807) is 49.7 Å². The molecule has 1 aromatic carbocycles. The molecule has 2 N–H and O–H groups in total. The third-order valence-corrected chi connectivity index (χ3v) is 8.18. The Labute approximate surface area is 249 Å². The number of carbonyl (C=O) groups excluding carboxylic acids is 1. The molecule has 1 amide bonds. The van der Waals surface area contributed by atoms with Gasteiger partial charge in [-0.1, -0.05) is 12.1 Å². The van der Waals surface area contributed by atoms with Gasteiger partial charge >= 0.3 is 0 Å². The van der Waals surface area contributed by atoms with Crippen LogP contribution in [-0.2, 0) is 16.9 Å². The molecule has 2 saturated heterocycles. The summed E-state index contributed by atoms with van der Waals surface area (Å²) in [5, 5.41) is 14.1. The first kappa shape index (κ1) is 28.6. The zero-order chi connectivity index (χ0) is 30.3. The Hall–Kier alpha value is -4.55. The Morgan fingerprint density at radius 1 is 1.09 bits per heavy atom. The number of amides is 1. The van der Waals surface area contributed by atoms with Crippen molar-refractivity contribution in [2.45, 2.75) is 39.0 Å². The monoisotopic (exact) mass is 583 g/mol. The number of aliphatic hydroxyl groups is 1. The van der Waals surface area contributed by atoms with Crippen molar-refractivity contribution in [3.63, 3.8) is 0 Å². The number of likely N-dealkylation sites (tertiary alicyclic amines) is 1. The van der Waals surface area contributed by atoms with E-state index in [4.69, 9.17) is 4.98 Å². The van der Waals surface area contributed by atoms with E-state index < -0.39 is 5.60 Å². The molecule has 3 aromatic heterocycles. The minimum absolute atomic E-state index is 0.156. The van der Waals surface area contributed by atoms with Gasteiger partial charge in [-0.3, -0.25) is 14.5 Å². The minimum atomic E-state index is -1.15. The van der Waals surface area contributed by atoms with Gasteiger partial charge in [0.15, 0.2) is 11.5 Å². The number of allylic oxidation sites excluding steroid dienone is 1. The number of piperazine rings is 1. The van der Waals surface area contributed by atoms with E-state index >= 15 is 0 Å². The van der Waals surface area contributed by atoms with Crippen molar-refractivity contribution in [3.8, 4) is 5.82 Å². The molecular formula is C31H37N9O3. The SMILES string of the molecule is C=CCn1c(=O)c2cnc(Nc3ccc(N4CCN(C5CN(C(C)=O)C5)CC4)cc3)nc2n1-c1cccc(C(C)(C)O)n1. The number of pyridine rings is 1. The summed E-state index contributed by atoms with van der Waals surface area (Å²) in [6, 6.07) is 13.9. The highest BCUT2D eigenvalue weighted by Gasteiger charge is 2.34. The van der Waals surface area contributed by atoms with Crippen LogP contribution in [0.25, 0.3) is 16.9 Å². The molecule has 0 atom stereocenters. The van der Waals surface area contributed by atoms with Gasteiger partial charge in [-0.05, 0) is 50.2 Å². The normalized spacial score (nSPS) is 16.4. The number of nitrogens with zero attached hydrogens (tertiary/aromatic N) is 8. The van der Waals surface area contributed by atoms with Gasteiger partial charge in [0, 0.05) is 69.8 Å². The summed E-state index contributed by atoms with van der Waals surface area (Å²) in [5.74, 6) is 0.955. The Morgan fingerprint density at radius 3 is 2.47 bits per heavy atom. The van der Waals surface area contributed by atoms with Crippen LogP contribution in [0.4, 0.5) is 17.3 Å². The summed E-state index contributed by atoms with van der Waals surface area (Å²) in [7, 11) is 0. The highest BCUT2D eigenvalue weighted by atomic mass is 16.3. The van der Waals surface area contributed by atoms with Gasteiger partial charge in [0.2, 0.25) is 11.9 Å². The lowest BCUT2D eigenvalue weighted by molar-refractivity contribution is -0.136. The van der Waals surface area contributed by atoms with Crippen LogP contribution in [0.3, 0.4) is 0 Å². The number of carbonyl (C=O) groups is 1. The molecule has 2 fully saturated rings. The van der Waals surface area contributed by atoms with Gasteiger partial charge in [0.05, 0.1) is 12.2 Å². The van der Waals surface area contributed by atoms with Crippen molar-refractivity contribution in [2.24, 2.45) is 0 Å². The Kier molecular flexibility index (Phi) is 7.49. The van der Waals surface area contributed by atoms with Crippen LogP contribution in [0, 0.1) is 0 Å². The fourth-order valence-corrected chi connectivity index (χ4v) is 5.66. The molecule has 0 radical (unpaired) electrons. The van der Waals surface area contributed by atoms with Crippen molar-refractivity contribution in [3.05, 3.63) is 77.4 Å². The zero-order valence-corrected chi connectivity index (χ0v) is 24.8. The summed E-state index contributed by atoms with van der Waals surface area (Å²) < 4.78 is 3.15. The van der Waals surface area contributed by atoms with Crippen LogP contribution in [0.2, 0.25) is 0 Å². The van der Waals surface area contributed by atoms with E-state index in [9.17, 15) is 14.7 Å². The molecule has 6 rings (SSSR count). The smallest absolute Gasteiger partial charge is 0.278 e. The Morgan fingerprint density at radius 2 is 1.81 bits per heavy atom. The first-order valence-electron chi connectivity index (χ1n) is 14.5. The van der Waals surface area contributed by atoms with E-state index in [0.717, 1.165) is 50.6 Å². The van der Waals surface area contributed by atoms with Gasteiger partial charge < -0.3 is 20.2 Å². The van der Waals surface area contributed by atoms with Gasteiger partial charge in [0.1, 0.15) is 11.0 Å². The van der Waals surface area contributed by atoms with Gasteiger partial charge in [0.25, 0.3) is 5.56 Å². The van der Waals surface area contributed by atoms with E-state index in [1.165, 1.54) is 10.9 Å². The molecule has 43 heavy (non-hydrogen) atoms. The molecule has 224 valence electrons. The molecule has 0 unspecified atom stereocenters. The molecule has 5 heterocycles. The van der Waals surface area contributed by atoms with Crippen LogP contribution in [0.5, 0.6) is 0 Å². The maximum Gasteiger partial charge on any atom is 0.278 e. The Bertz CT molecular complexity index is 1710. The summed E-state index contributed by atoms with van der Waals surface area (Å²) in [6.45, 7) is 14.5. The first-order valence-corrected chi connectivity index (χ1v) is 14.5. The van der Waals surface area contributed by atoms with E-state index in [1.807, 2.05) is 17.0 Å². The lowest BCUT2D eigenvalue weighted by Gasteiger charge is -2.48.